The lowest BCUT2D eigenvalue weighted by atomic mass is 10.1. The van der Waals surface area contributed by atoms with Gasteiger partial charge in [0.2, 0.25) is 10.0 Å². The van der Waals surface area contributed by atoms with E-state index in [-0.39, 0.29) is 29.7 Å². The number of nitro groups is 1. The highest BCUT2D eigenvalue weighted by Gasteiger charge is 2.30. The Kier molecular flexibility index (Phi) is 6.32. The third-order valence-corrected chi connectivity index (χ3v) is 6.56. The van der Waals surface area contributed by atoms with Gasteiger partial charge in [-0.15, -0.1) is 0 Å². The summed E-state index contributed by atoms with van der Waals surface area (Å²) in [5.74, 6) is -0.914. The number of nitrogens with zero attached hydrogens (tertiary/aromatic N) is 3. The number of aliphatic carboxylic acids is 1. The number of sulfonamides is 1. The molecule has 0 spiro atoms. The van der Waals surface area contributed by atoms with Crippen LogP contribution in [0.3, 0.4) is 0 Å². The van der Waals surface area contributed by atoms with Crippen molar-refractivity contribution in [1.82, 2.24) is 9.21 Å². The maximum absolute atomic E-state index is 12.9. The molecule has 0 aliphatic carbocycles. The van der Waals surface area contributed by atoms with Crippen LogP contribution < -0.4 is 0 Å². The van der Waals surface area contributed by atoms with Crippen molar-refractivity contribution in [2.24, 2.45) is 0 Å². The third-order valence-electron chi connectivity index (χ3n) is 4.67. The van der Waals surface area contributed by atoms with Gasteiger partial charge < -0.3 is 5.11 Å². The third kappa shape index (κ3) is 4.57. The fourth-order valence-corrected chi connectivity index (χ4v) is 4.80. The van der Waals surface area contributed by atoms with E-state index in [1.165, 1.54) is 29.4 Å². The molecule has 1 aromatic carbocycles. The standard InChI is InChI=1S/C16H23N3O6S/c1-12-10-14(5-6-15(12)19(22)23)26(24,25)18-8-3-4-13(7-9-18)17(2)11-16(20)21/h5-6,10,13H,3-4,7-9,11H2,1-2H3,(H,20,21). The minimum Gasteiger partial charge on any atom is -0.480 e. The summed E-state index contributed by atoms with van der Waals surface area (Å²) in [6.45, 7) is 2.05. The van der Waals surface area contributed by atoms with Crippen LogP contribution in [-0.4, -0.2) is 66.3 Å². The zero-order chi connectivity index (χ0) is 19.5. The summed E-state index contributed by atoms with van der Waals surface area (Å²) in [5.41, 5.74) is 0.181. The van der Waals surface area contributed by atoms with Gasteiger partial charge in [-0.25, -0.2) is 8.42 Å². The molecule has 144 valence electrons. The summed E-state index contributed by atoms with van der Waals surface area (Å²) >= 11 is 0. The molecule has 0 radical (unpaired) electrons. The highest BCUT2D eigenvalue weighted by Crippen LogP contribution is 2.26. The van der Waals surface area contributed by atoms with Gasteiger partial charge in [-0.2, -0.15) is 4.31 Å². The molecule has 1 atom stereocenters. The van der Waals surface area contributed by atoms with Gasteiger partial charge in [-0.05, 0) is 45.4 Å². The molecule has 1 saturated heterocycles. The van der Waals surface area contributed by atoms with E-state index in [1.54, 1.807) is 11.9 Å². The molecule has 0 amide bonds. The first kappa shape index (κ1) is 20.3. The van der Waals surface area contributed by atoms with Gasteiger partial charge in [0.25, 0.3) is 5.69 Å². The molecule has 1 heterocycles. The predicted molar refractivity (Wildman–Crippen MR) is 94.5 cm³/mol. The Morgan fingerprint density at radius 3 is 2.65 bits per heavy atom. The van der Waals surface area contributed by atoms with E-state index in [0.717, 1.165) is 6.42 Å². The van der Waals surface area contributed by atoms with E-state index in [9.17, 15) is 23.3 Å². The fraction of sp³-hybridized carbons (Fsp3) is 0.562. The average molecular weight is 385 g/mol. The molecule has 0 aromatic heterocycles. The van der Waals surface area contributed by atoms with Crippen LogP contribution in [0.25, 0.3) is 0 Å². The van der Waals surface area contributed by atoms with Gasteiger partial charge >= 0.3 is 5.97 Å². The Hall–Kier alpha value is -2.04. The summed E-state index contributed by atoms with van der Waals surface area (Å²) in [5, 5.41) is 19.8. The topological polar surface area (TPSA) is 121 Å². The van der Waals surface area contributed by atoms with E-state index in [4.69, 9.17) is 5.11 Å². The Morgan fingerprint density at radius 2 is 2.08 bits per heavy atom. The van der Waals surface area contributed by atoms with Gasteiger partial charge in [-0.3, -0.25) is 19.8 Å². The quantitative estimate of drug-likeness (QED) is 0.581. The molecule has 1 aromatic rings. The Bertz CT molecular complexity index is 795. The molecule has 26 heavy (non-hydrogen) atoms. The highest BCUT2D eigenvalue weighted by molar-refractivity contribution is 7.89. The molecule has 2 rings (SSSR count). The second-order valence-electron chi connectivity index (χ2n) is 6.50. The normalized spacial score (nSPS) is 19.3. The molecule has 0 saturated carbocycles. The number of carboxylic acid groups (broad SMARTS) is 1. The first-order valence-electron chi connectivity index (χ1n) is 8.30. The monoisotopic (exact) mass is 385 g/mol. The molecule has 10 heteroatoms. The summed E-state index contributed by atoms with van der Waals surface area (Å²) in [4.78, 5) is 23.0. The van der Waals surface area contributed by atoms with E-state index < -0.39 is 20.9 Å². The molecule has 1 aliphatic rings. The lowest BCUT2D eigenvalue weighted by Gasteiger charge is -2.25. The number of carbonyl (C=O) groups is 1. The van der Waals surface area contributed by atoms with Crippen molar-refractivity contribution >= 4 is 21.7 Å². The zero-order valence-corrected chi connectivity index (χ0v) is 15.6. The van der Waals surface area contributed by atoms with E-state index in [1.807, 2.05) is 0 Å². The van der Waals surface area contributed by atoms with Gasteiger partial charge in [0, 0.05) is 30.8 Å². The molecule has 0 bridgehead atoms. The Balaban J connectivity index is 2.16. The molecule has 1 N–H and O–H groups in total. The number of hydrogen-bond donors (Lipinski definition) is 1. The lowest BCUT2D eigenvalue weighted by molar-refractivity contribution is -0.385. The summed E-state index contributed by atoms with van der Waals surface area (Å²) in [7, 11) is -2.02. The lowest BCUT2D eigenvalue weighted by Crippen LogP contribution is -2.37. The average Bonchev–Trinajstić information content (AvgIpc) is 2.80. The van der Waals surface area contributed by atoms with Gasteiger partial charge in [0.05, 0.1) is 16.4 Å². The number of nitro benzene ring substituents is 1. The SMILES string of the molecule is Cc1cc(S(=O)(=O)N2CCCC(N(C)CC(=O)O)CC2)ccc1[N+](=O)[O-]. The van der Waals surface area contributed by atoms with E-state index in [2.05, 4.69) is 0 Å². The maximum atomic E-state index is 12.9. The zero-order valence-electron chi connectivity index (χ0n) is 14.8. The molecule has 1 unspecified atom stereocenters. The van der Waals surface area contributed by atoms with Crippen molar-refractivity contribution in [3.05, 3.63) is 33.9 Å². The minimum atomic E-state index is -3.75. The van der Waals surface area contributed by atoms with Crippen molar-refractivity contribution in [2.75, 3.05) is 26.7 Å². The second kappa shape index (κ2) is 8.11. The number of hydrogen-bond acceptors (Lipinski definition) is 6. The van der Waals surface area contributed by atoms with Crippen LogP contribution in [0.1, 0.15) is 24.8 Å². The number of aryl methyl sites for hydroxylation is 1. The first-order chi connectivity index (χ1) is 12.1. The maximum Gasteiger partial charge on any atom is 0.317 e. The molecular formula is C16H23N3O6S. The van der Waals surface area contributed by atoms with Crippen LogP contribution in [0.4, 0.5) is 5.69 Å². The van der Waals surface area contributed by atoms with Crippen LogP contribution in [0.5, 0.6) is 0 Å². The smallest absolute Gasteiger partial charge is 0.317 e. The van der Waals surface area contributed by atoms with Crippen LogP contribution in [-0.2, 0) is 14.8 Å². The van der Waals surface area contributed by atoms with Gasteiger partial charge in [-0.1, -0.05) is 0 Å². The van der Waals surface area contributed by atoms with Gasteiger partial charge in [0.1, 0.15) is 0 Å². The predicted octanol–water partition coefficient (Wildman–Crippen LogP) is 1.46. The van der Waals surface area contributed by atoms with E-state index >= 15 is 0 Å². The second-order valence-corrected chi connectivity index (χ2v) is 8.44. The highest BCUT2D eigenvalue weighted by atomic mass is 32.2. The molecular weight excluding hydrogens is 362 g/mol. The summed E-state index contributed by atoms with van der Waals surface area (Å²) < 4.78 is 27.1. The number of benzene rings is 1. The summed E-state index contributed by atoms with van der Waals surface area (Å²) in [6.07, 6.45) is 1.88. The molecule has 1 fully saturated rings. The minimum absolute atomic E-state index is 0.00453. The fourth-order valence-electron chi connectivity index (χ4n) is 3.22. The van der Waals surface area contributed by atoms with Crippen molar-refractivity contribution in [3.8, 4) is 0 Å². The number of likely N-dealkylation sites (N-methyl/N-ethyl adjacent to an activating group) is 1. The van der Waals surface area contributed by atoms with Crippen molar-refractivity contribution in [3.63, 3.8) is 0 Å². The van der Waals surface area contributed by atoms with Crippen molar-refractivity contribution < 1.29 is 23.2 Å². The molecule has 1 aliphatic heterocycles. The van der Waals surface area contributed by atoms with Crippen LogP contribution in [0.15, 0.2) is 23.1 Å². The Morgan fingerprint density at radius 1 is 1.38 bits per heavy atom. The largest absolute Gasteiger partial charge is 0.480 e. The van der Waals surface area contributed by atoms with Crippen LogP contribution >= 0.6 is 0 Å². The van der Waals surface area contributed by atoms with Crippen molar-refractivity contribution in [1.29, 1.82) is 0 Å². The molecule has 9 nitrogen and oxygen atoms in total. The van der Waals surface area contributed by atoms with Crippen molar-refractivity contribution in [2.45, 2.75) is 37.1 Å². The van der Waals surface area contributed by atoms with Crippen LogP contribution in [0, 0.1) is 17.0 Å². The Labute approximate surface area is 152 Å². The van der Waals surface area contributed by atoms with Gasteiger partial charge in [0.15, 0.2) is 0 Å². The first-order valence-corrected chi connectivity index (χ1v) is 9.74. The van der Waals surface area contributed by atoms with Crippen LogP contribution in [0.2, 0.25) is 0 Å². The van der Waals surface area contributed by atoms with E-state index in [0.29, 0.717) is 24.9 Å². The number of carboxylic acids is 1. The number of rotatable bonds is 6. The summed E-state index contributed by atoms with van der Waals surface area (Å²) in [6, 6.07) is 3.81.